The van der Waals surface area contributed by atoms with Gasteiger partial charge in [-0.2, -0.15) is 0 Å². The molecular formula is C18H34N2S. The van der Waals surface area contributed by atoms with Crippen LogP contribution in [0.4, 0.5) is 0 Å². The van der Waals surface area contributed by atoms with Gasteiger partial charge in [-0.1, -0.05) is 77.6 Å². The summed E-state index contributed by atoms with van der Waals surface area (Å²) in [5.74, 6) is 0. The molecule has 0 aliphatic rings. The summed E-state index contributed by atoms with van der Waals surface area (Å²) in [4.78, 5) is 0. The third-order valence-corrected chi connectivity index (χ3v) is 4.79. The summed E-state index contributed by atoms with van der Waals surface area (Å²) in [6.45, 7) is 3.36. The van der Waals surface area contributed by atoms with Crippen molar-refractivity contribution in [1.29, 1.82) is 0 Å². The lowest BCUT2D eigenvalue weighted by molar-refractivity contribution is 0.526. The van der Waals surface area contributed by atoms with Crippen molar-refractivity contribution >= 4 is 12.2 Å². The number of imidazole rings is 1. The van der Waals surface area contributed by atoms with E-state index in [1.54, 1.807) is 0 Å². The standard InChI is InChI=1S/C18H34N2S/c1-3-4-5-6-7-8-9-10-11-12-13-14-15-20-17-16-19(2)18(20)21/h16-17H,3-15H2,1-2H3. The van der Waals surface area contributed by atoms with Crippen molar-refractivity contribution in [2.75, 3.05) is 0 Å². The molecule has 1 aromatic rings. The summed E-state index contributed by atoms with van der Waals surface area (Å²) in [6.07, 6.45) is 21.0. The molecule has 0 amide bonds. The van der Waals surface area contributed by atoms with Crippen LogP contribution < -0.4 is 0 Å². The first-order valence-corrected chi connectivity index (χ1v) is 9.38. The Labute approximate surface area is 136 Å². The summed E-state index contributed by atoms with van der Waals surface area (Å²) < 4.78 is 5.14. The molecule has 122 valence electrons. The van der Waals surface area contributed by atoms with Crippen molar-refractivity contribution < 1.29 is 0 Å². The highest BCUT2D eigenvalue weighted by Gasteiger charge is 1.97. The minimum atomic E-state index is 0.943. The third-order valence-electron chi connectivity index (χ3n) is 4.27. The molecule has 0 fully saturated rings. The molecule has 0 saturated carbocycles. The Kier molecular flexibility index (Phi) is 10.6. The Morgan fingerprint density at radius 1 is 0.762 bits per heavy atom. The fourth-order valence-electron chi connectivity index (χ4n) is 2.80. The zero-order valence-corrected chi connectivity index (χ0v) is 15.0. The molecule has 3 heteroatoms. The maximum Gasteiger partial charge on any atom is 0.179 e. The van der Waals surface area contributed by atoms with Crippen molar-refractivity contribution in [3.05, 3.63) is 17.2 Å². The molecular weight excluding hydrogens is 276 g/mol. The average molecular weight is 311 g/mol. The van der Waals surface area contributed by atoms with Crippen LogP contribution in [0.3, 0.4) is 0 Å². The number of rotatable bonds is 13. The zero-order valence-electron chi connectivity index (χ0n) is 14.1. The minimum Gasteiger partial charge on any atom is -0.327 e. The third kappa shape index (κ3) is 8.45. The maximum absolute atomic E-state index is 5.34. The van der Waals surface area contributed by atoms with Gasteiger partial charge in [0.1, 0.15) is 0 Å². The predicted octanol–water partition coefficient (Wildman–Crippen LogP) is 6.26. The first kappa shape index (κ1) is 18.5. The van der Waals surface area contributed by atoms with Crippen molar-refractivity contribution in [1.82, 2.24) is 9.13 Å². The fourth-order valence-corrected chi connectivity index (χ4v) is 3.02. The highest BCUT2D eigenvalue weighted by Crippen LogP contribution is 2.12. The van der Waals surface area contributed by atoms with Gasteiger partial charge in [-0.3, -0.25) is 0 Å². The van der Waals surface area contributed by atoms with Crippen LogP contribution in [0.2, 0.25) is 0 Å². The topological polar surface area (TPSA) is 9.86 Å². The number of aryl methyl sites for hydroxylation is 2. The lowest BCUT2D eigenvalue weighted by Gasteiger charge is -2.04. The summed E-state index contributed by atoms with van der Waals surface area (Å²) in [7, 11) is 2.01. The Morgan fingerprint density at radius 2 is 1.24 bits per heavy atom. The van der Waals surface area contributed by atoms with E-state index in [4.69, 9.17) is 12.2 Å². The van der Waals surface area contributed by atoms with Crippen LogP contribution in [0.25, 0.3) is 0 Å². The van der Waals surface area contributed by atoms with Crippen LogP contribution in [0, 0.1) is 4.77 Å². The molecule has 1 rings (SSSR count). The van der Waals surface area contributed by atoms with Gasteiger partial charge in [0.15, 0.2) is 4.77 Å². The van der Waals surface area contributed by atoms with E-state index in [-0.39, 0.29) is 0 Å². The van der Waals surface area contributed by atoms with Crippen LogP contribution in [-0.4, -0.2) is 9.13 Å². The smallest absolute Gasteiger partial charge is 0.179 e. The van der Waals surface area contributed by atoms with E-state index < -0.39 is 0 Å². The summed E-state index contributed by atoms with van der Waals surface area (Å²) >= 11 is 5.34. The number of hydrogen-bond acceptors (Lipinski definition) is 1. The van der Waals surface area contributed by atoms with Crippen LogP contribution in [0.1, 0.15) is 84.0 Å². The maximum atomic E-state index is 5.34. The number of hydrogen-bond donors (Lipinski definition) is 0. The van der Waals surface area contributed by atoms with Gasteiger partial charge in [-0.05, 0) is 18.6 Å². The van der Waals surface area contributed by atoms with E-state index in [1.165, 1.54) is 77.0 Å². The van der Waals surface area contributed by atoms with E-state index in [1.807, 2.05) is 17.8 Å². The highest BCUT2D eigenvalue weighted by molar-refractivity contribution is 7.71. The molecule has 2 nitrogen and oxygen atoms in total. The van der Waals surface area contributed by atoms with E-state index in [0.29, 0.717) is 0 Å². The van der Waals surface area contributed by atoms with Gasteiger partial charge in [-0.15, -0.1) is 0 Å². The highest BCUT2D eigenvalue weighted by atomic mass is 32.1. The Bertz CT molecular complexity index is 406. The lowest BCUT2D eigenvalue weighted by Crippen LogP contribution is -1.98. The Morgan fingerprint density at radius 3 is 1.67 bits per heavy atom. The van der Waals surface area contributed by atoms with Crippen LogP contribution in [0.5, 0.6) is 0 Å². The molecule has 0 saturated heterocycles. The molecule has 0 aromatic carbocycles. The van der Waals surface area contributed by atoms with E-state index in [2.05, 4.69) is 17.7 Å². The van der Waals surface area contributed by atoms with Crippen molar-refractivity contribution in [2.24, 2.45) is 7.05 Å². The summed E-state index contributed by atoms with van der Waals surface area (Å²) in [6, 6.07) is 0. The van der Waals surface area contributed by atoms with Crippen LogP contribution in [0.15, 0.2) is 12.4 Å². The first-order valence-electron chi connectivity index (χ1n) is 8.97. The molecule has 0 radical (unpaired) electrons. The van der Waals surface area contributed by atoms with E-state index in [0.717, 1.165) is 11.3 Å². The molecule has 0 spiro atoms. The van der Waals surface area contributed by atoms with Gasteiger partial charge in [0.2, 0.25) is 0 Å². The molecule has 0 unspecified atom stereocenters. The lowest BCUT2D eigenvalue weighted by atomic mass is 10.1. The molecule has 21 heavy (non-hydrogen) atoms. The van der Waals surface area contributed by atoms with Gasteiger partial charge in [-0.25, -0.2) is 0 Å². The van der Waals surface area contributed by atoms with E-state index >= 15 is 0 Å². The van der Waals surface area contributed by atoms with Gasteiger partial charge in [0, 0.05) is 26.0 Å². The normalized spacial score (nSPS) is 11.1. The molecule has 1 heterocycles. The van der Waals surface area contributed by atoms with Crippen LogP contribution in [-0.2, 0) is 13.6 Å². The fraction of sp³-hybridized carbons (Fsp3) is 0.833. The van der Waals surface area contributed by atoms with E-state index in [9.17, 15) is 0 Å². The molecule has 0 bridgehead atoms. The molecule has 1 aromatic heterocycles. The summed E-state index contributed by atoms with van der Waals surface area (Å²) in [5.41, 5.74) is 0. The first-order chi connectivity index (χ1) is 10.3. The second-order valence-electron chi connectivity index (χ2n) is 6.27. The zero-order chi connectivity index (χ0) is 15.3. The van der Waals surface area contributed by atoms with Gasteiger partial charge in [0.25, 0.3) is 0 Å². The quantitative estimate of drug-likeness (QED) is 0.309. The van der Waals surface area contributed by atoms with Crippen molar-refractivity contribution in [2.45, 2.75) is 90.5 Å². The number of aromatic nitrogens is 2. The number of unbranched alkanes of at least 4 members (excludes halogenated alkanes) is 11. The Balaban J connectivity index is 1.85. The average Bonchev–Trinajstić information content (AvgIpc) is 2.80. The van der Waals surface area contributed by atoms with Gasteiger partial charge >= 0.3 is 0 Å². The minimum absolute atomic E-state index is 0.943. The number of nitrogens with zero attached hydrogens (tertiary/aromatic N) is 2. The second kappa shape index (κ2) is 12.0. The molecule has 0 N–H and O–H groups in total. The van der Waals surface area contributed by atoms with Crippen molar-refractivity contribution in [3.63, 3.8) is 0 Å². The van der Waals surface area contributed by atoms with Crippen LogP contribution >= 0.6 is 12.2 Å². The summed E-state index contributed by atoms with van der Waals surface area (Å²) in [5, 5.41) is 0. The second-order valence-corrected chi connectivity index (χ2v) is 6.64. The molecule has 0 aliphatic heterocycles. The van der Waals surface area contributed by atoms with Gasteiger partial charge in [0.05, 0.1) is 0 Å². The molecule has 0 atom stereocenters. The Hall–Kier alpha value is -0.570. The molecule has 0 aliphatic carbocycles. The van der Waals surface area contributed by atoms with Gasteiger partial charge < -0.3 is 9.13 Å². The monoisotopic (exact) mass is 310 g/mol. The van der Waals surface area contributed by atoms with Crippen molar-refractivity contribution in [3.8, 4) is 0 Å². The SMILES string of the molecule is CCCCCCCCCCCCCCn1ccn(C)c1=S. The predicted molar refractivity (Wildman–Crippen MR) is 95.3 cm³/mol. The largest absolute Gasteiger partial charge is 0.327 e.